The Hall–Kier alpha value is -4.20. The Morgan fingerprint density at radius 3 is 2.45 bits per heavy atom. The quantitative estimate of drug-likeness (QED) is 0.480. The Labute approximate surface area is 222 Å². The molecule has 0 radical (unpaired) electrons. The number of hydrogen-bond donors (Lipinski definition) is 2. The molecule has 0 aliphatic carbocycles. The topological polar surface area (TPSA) is 109 Å². The SMILES string of the molecule is NC(=O)c1cnc(Cc2cccc(C(=O)N3CCC(N4CCCC4=O)CC3)c2)cc1NCc1ccccc1. The van der Waals surface area contributed by atoms with Gasteiger partial charge in [-0.15, -0.1) is 0 Å². The van der Waals surface area contributed by atoms with Crippen molar-refractivity contribution >= 4 is 23.4 Å². The van der Waals surface area contributed by atoms with E-state index in [9.17, 15) is 14.4 Å². The largest absolute Gasteiger partial charge is 0.380 e. The van der Waals surface area contributed by atoms with Gasteiger partial charge in [-0.2, -0.15) is 0 Å². The van der Waals surface area contributed by atoms with E-state index in [0.29, 0.717) is 49.3 Å². The minimum Gasteiger partial charge on any atom is -0.380 e. The highest BCUT2D eigenvalue weighted by Gasteiger charge is 2.32. The number of carbonyl (C=O) groups is 3. The molecule has 2 saturated heterocycles. The molecule has 3 aromatic rings. The van der Waals surface area contributed by atoms with E-state index in [0.717, 1.165) is 42.6 Å². The minimum atomic E-state index is -0.537. The maximum atomic E-state index is 13.3. The summed E-state index contributed by atoms with van der Waals surface area (Å²) in [6.07, 6.45) is 5.26. The first kappa shape index (κ1) is 25.4. The molecule has 3 heterocycles. The Morgan fingerprint density at radius 2 is 1.74 bits per heavy atom. The van der Waals surface area contributed by atoms with Gasteiger partial charge in [0.25, 0.3) is 11.8 Å². The van der Waals surface area contributed by atoms with E-state index in [4.69, 9.17) is 5.73 Å². The van der Waals surface area contributed by atoms with Gasteiger partial charge in [-0.1, -0.05) is 42.5 Å². The van der Waals surface area contributed by atoms with E-state index in [-0.39, 0.29) is 17.9 Å². The molecule has 0 bridgehead atoms. The van der Waals surface area contributed by atoms with E-state index in [1.807, 2.05) is 70.5 Å². The van der Waals surface area contributed by atoms with E-state index in [2.05, 4.69) is 10.3 Å². The van der Waals surface area contributed by atoms with Crippen LogP contribution in [-0.4, -0.2) is 58.2 Å². The number of nitrogens with zero attached hydrogens (tertiary/aromatic N) is 3. The summed E-state index contributed by atoms with van der Waals surface area (Å²) in [5.41, 5.74) is 10.0. The first-order valence-corrected chi connectivity index (χ1v) is 13.2. The smallest absolute Gasteiger partial charge is 0.253 e. The number of nitrogens with one attached hydrogen (secondary N) is 1. The molecule has 1 aromatic heterocycles. The molecule has 0 unspecified atom stereocenters. The van der Waals surface area contributed by atoms with E-state index in [1.165, 1.54) is 6.20 Å². The van der Waals surface area contributed by atoms with Gasteiger partial charge in [0.2, 0.25) is 5.91 Å². The average molecular weight is 512 g/mol. The summed E-state index contributed by atoms with van der Waals surface area (Å²) in [7, 11) is 0. The van der Waals surface area contributed by atoms with Gasteiger partial charge in [0, 0.05) is 62.5 Å². The van der Waals surface area contributed by atoms with Crippen LogP contribution in [0.1, 0.15) is 63.2 Å². The van der Waals surface area contributed by atoms with Crippen LogP contribution >= 0.6 is 0 Å². The molecule has 2 aliphatic rings. The molecule has 3 N–H and O–H groups in total. The van der Waals surface area contributed by atoms with Crippen LogP contribution in [0.5, 0.6) is 0 Å². The van der Waals surface area contributed by atoms with Gasteiger partial charge in [-0.05, 0) is 48.6 Å². The fraction of sp³-hybridized carbons (Fsp3) is 0.333. The highest BCUT2D eigenvalue weighted by atomic mass is 16.2. The summed E-state index contributed by atoms with van der Waals surface area (Å²) in [4.78, 5) is 45.7. The van der Waals surface area contributed by atoms with Crippen LogP contribution < -0.4 is 11.1 Å². The molecule has 2 fully saturated rings. The molecule has 3 amide bonds. The maximum Gasteiger partial charge on any atom is 0.253 e. The number of primary amides is 1. The minimum absolute atomic E-state index is 0.0142. The lowest BCUT2D eigenvalue weighted by Crippen LogP contribution is -2.47. The van der Waals surface area contributed by atoms with Crippen molar-refractivity contribution in [1.29, 1.82) is 0 Å². The molecule has 2 aromatic carbocycles. The summed E-state index contributed by atoms with van der Waals surface area (Å²) in [6.45, 7) is 2.71. The molecular formula is C30H33N5O3. The molecular weight excluding hydrogens is 478 g/mol. The van der Waals surface area contributed by atoms with Gasteiger partial charge in [0.15, 0.2) is 0 Å². The fourth-order valence-electron chi connectivity index (χ4n) is 5.37. The molecule has 5 rings (SSSR count). The third-order valence-corrected chi connectivity index (χ3v) is 7.41. The van der Waals surface area contributed by atoms with Crippen LogP contribution in [0.25, 0.3) is 0 Å². The van der Waals surface area contributed by atoms with Gasteiger partial charge in [-0.3, -0.25) is 19.4 Å². The van der Waals surface area contributed by atoms with Crippen LogP contribution in [0.3, 0.4) is 0 Å². The third kappa shape index (κ3) is 5.85. The number of carbonyl (C=O) groups excluding carboxylic acids is 3. The maximum absolute atomic E-state index is 13.3. The highest BCUT2D eigenvalue weighted by molar-refractivity contribution is 5.98. The van der Waals surface area contributed by atoms with Crippen molar-refractivity contribution in [1.82, 2.24) is 14.8 Å². The van der Waals surface area contributed by atoms with Crippen molar-refractivity contribution in [3.63, 3.8) is 0 Å². The van der Waals surface area contributed by atoms with E-state index >= 15 is 0 Å². The summed E-state index contributed by atoms with van der Waals surface area (Å²) >= 11 is 0. The van der Waals surface area contributed by atoms with Gasteiger partial charge < -0.3 is 20.9 Å². The van der Waals surface area contributed by atoms with Crippen molar-refractivity contribution in [2.75, 3.05) is 25.0 Å². The van der Waals surface area contributed by atoms with E-state index in [1.54, 1.807) is 0 Å². The number of nitrogens with two attached hydrogens (primary N) is 1. The van der Waals surface area contributed by atoms with Gasteiger partial charge in [-0.25, -0.2) is 0 Å². The third-order valence-electron chi connectivity index (χ3n) is 7.41. The molecule has 2 aliphatic heterocycles. The number of aromatic nitrogens is 1. The Balaban J connectivity index is 1.25. The first-order chi connectivity index (χ1) is 18.5. The summed E-state index contributed by atoms with van der Waals surface area (Å²) in [5, 5.41) is 3.31. The van der Waals surface area contributed by atoms with Crippen molar-refractivity contribution in [2.45, 2.75) is 44.7 Å². The number of anilines is 1. The fourth-order valence-corrected chi connectivity index (χ4v) is 5.37. The number of rotatable bonds is 8. The normalized spacial score (nSPS) is 16.1. The molecule has 8 heteroatoms. The molecule has 0 atom stereocenters. The molecule has 38 heavy (non-hydrogen) atoms. The van der Waals surface area contributed by atoms with Crippen LogP contribution in [0.2, 0.25) is 0 Å². The highest BCUT2D eigenvalue weighted by Crippen LogP contribution is 2.24. The Kier molecular flexibility index (Phi) is 7.67. The van der Waals surface area contributed by atoms with Crippen LogP contribution in [0, 0.1) is 0 Å². The number of amides is 3. The lowest BCUT2D eigenvalue weighted by molar-refractivity contribution is -0.130. The number of pyridine rings is 1. The molecule has 0 spiro atoms. The molecule has 196 valence electrons. The molecule has 8 nitrogen and oxygen atoms in total. The van der Waals surface area contributed by atoms with Gasteiger partial charge in [0.1, 0.15) is 0 Å². The first-order valence-electron chi connectivity index (χ1n) is 13.2. The Morgan fingerprint density at radius 1 is 0.974 bits per heavy atom. The summed E-state index contributed by atoms with van der Waals surface area (Å²) in [5.74, 6) is -0.274. The van der Waals surface area contributed by atoms with Crippen LogP contribution in [0.4, 0.5) is 5.69 Å². The number of likely N-dealkylation sites (tertiary alicyclic amines) is 2. The lowest BCUT2D eigenvalue weighted by atomic mass is 10.0. The zero-order valence-corrected chi connectivity index (χ0v) is 21.4. The predicted molar refractivity (Wildman–Crippen MR) is 146 cm³/mol. The molecule has 0 saturated carbocycles. The van der Waals surface area contributed by atoms with Gasteiger partial charge >= 0.3 is 0 Å². The summed E-state index contributed by atoms with van der Waals surface area (Å²) in [6, 6.07) is 19.6. The van der Waals surface area contributed by atoms with Crippen molar-refractivity contribution in [3.05, 3.63) is 94.8 Å². The second-order valence-electron chi connectivity index (χ2n) is 10.0. The second-order valence-corrected chi connectivity index (χ2v) is 10.0. The zero-order valence-electron chi connectivity index (χ0n) is 21.4. The van der Waals surface area contributed by atoms with Crippen molar-refractivity contribution < 1.29 is 14.4 Å². The van der Waals surface area contributed by atoms with Gasteiger partial charge in [0.05, 0.1) is 11.3 Å². The zero-order chi connectivity index (χ0) is 26.5. The summed E-state index contributed by atoms with van der Waals surface area (Å²) < 4.78 is 0. The monoisotopic (exact) mass is 511 g/mol. The predicted octanol–water partition coefficient (Wildman–Crippen LogP) is 3.61. The number of hydrogen-bond acceptors (Lipinski definition) is 5. The standard InChI is InChI=1S/C30H33N5O3/c31-29(37)26-20-32-24(18-27(26)33-19-21-6-2-1-3-7-21)17-22-8-4-9-23(16-22)30(38)34-14-11-25(12-15-34)35-13-5-10-28(35)36/h1-4,6-9,16,18,20,25H,5,10-15,17,19H2,(H2,31,37)(H,32,33). The lowest BCUT2D eigenvalue weighted by Gasteiger charge is -2.36. The van der Waals surface area contributed by atoms with Crippen LogP contribution in [-0.2, 0) is 17.8 Å². The van der Waals surface area contributed by atoms with Crippen LogP contribution in [0.15, 0.2) is 66.9 Å². The second kappa shape index (κ2) is 11.5. The number of piperidine rings is 1. The number of benzene rings is 2. The van der Waals surface area contributed by atoms with Crippen molar-refractivity contribution in [2.24, 2.45) is 5.73 Å². The van der Waals surface area contributed by atoms with E-state index < -0.39 is 5.91 Å². The average Bonchev–Trinajstić information content (AvgIpc) is 3.38. The van der Waals surface area contributed by atoms with Crippen molar-refractivity contribution in [3.8, 4) is 0 Å². The Bertz CT molecular complexity index is 1320.